The lowest BCUT2D eigenvalue weighted by Crippen LogP contribution is -2.20. The number of aromatic nitrogens is 2. The lowest BCUT2D eigenvalue weighted by Gasteiger charge is -2.07. The van der Waals surface area contributed by atoms with Gasteiger partial charge in [0.15, 0.2) is 0 Å². The number of benzene rings is 1. The smallest absolute Gasteiger partial charge is 0.412 e. The molecule has 2 aromatic rings. The summed E-state index contributed by atoms with van der Waals surface area (Å²) in [5.74, 6) is 0.227. The van der Waals surface area contributed by atoms with Gasteiger partial charge >= 0.3 is 11.8 Å². The molecule has 0 aliphatic rings. The van der Waals surface area contributed by atoms with E-state index >= 15 is 0 Å². The van der Waals surface area contributed by atoms with E-state index in [9.17, 15) is 9.59 Å². The number of amides is 1. The number of aromatic amines is 1. The summed E-state index contributed by atoms with van der Waals surface area (Å²) in [5.41, 5.74) is 0.510. The van der Waals surface area contributed by atoms with Gasteiger partial charge in [-0.25, -0.2) is 14.6 Å². The summed E-state index contributed by atoms with van der Waals surface area (Å²) < 4.78 is 10.3. The van der Waals surface area contributed by atoms with Crippen LogP contribution < -0.4 is 11.0 Å². The Morgan fingerprint density at radius 3 is 2.76 bits per heavy atom. The van der Waals surface area contributed by atoms with E-state index in [1.165, 1.54) is 12.3 Å². The molecule has 0 radical (unpaired) electrons. The van der Waals surface area contributed by atoms with Crippen LogP contribution in [-0.2, 0) is 16.1 Å². The Morgan fingerprint density at radius 2 is 2.00 bits per heavy atom. The van der Waals surface area contributed by atoms with Gasteiger partial charge in [-0.15, -0.1) is 0 Å². The minimum atomic E-state index is -0.667. The third kappa shape index (κ3) is 5.45. The molecule has 1 amide bonds. The van der Waals surface area contributed by atoms with E-state index in [1.807, 2.05) is 30.3 Å². The first-order chi connectivity index (χ1) is 10.2. The molecule has 7 nitrogen and oxygen atoms in total. The highest BCUT2D eigenvalue weighted by atomic mass is 16.6. The van der Waals surface area contributed by atoms with E-state index in [0.717, 1.165) is 5.56 Å². The Morgan fingerprint density at radius 1 is 1.19 bits per heavy atom. The zero-order valence-electron chi connectivity index (χ0n) is 11.2. The lowest BCUT2D eigenvalue weighted by molar-refractivity contribution is 0.0696. The number of carbonyl (C=O) groups excluding carboxylic acids is 1. The van der Waals surface area contributed by atoms with Gasteiger partial charge < -0.3 is 9.47 Å². The van der Waals surface area contributed by atoms with Crippen molar-refractivity contribution in [2.45, 2.75) is 6.61 Å². The maximum atomic E-state index is 11.4. The molecule has 0 fully saturated rings. The van der Waals surface area contributed by atoms with E-state index in [0.29, 0.717) is 6.61 Å². The van der Waals surface area contributed by atoms with Gasteiger partial charge in [0, 0.05) is 6.20 Å². The van der Waals surface area contributed by atoms with Crippen molar-refractivity contribution < 1.29 is 14.3 Å². The van der Waals surface area contributed by atoms with Gasteiger partial charge in [-0.2, -0.15) is 0 Å². The lowest BCUT2D eigenvalue weighted by atomic mass is 10.2. The van der Waals surface area contributed by atoms with Crippen molar-refractivity contribution in [1.29, 1.82) is 0 Å². The Hall–Kier alpha value is -2.67. The molecule has 0 spiro atoms. The Labute approximate surface area is 120 Å². The van der Waals surface area contributed by atoms with Gasteiger partial charge in [-0.3, -0.25) is 10.3 Å². The van der Waals surface area contributed by atoms with Gasteiger partial charge in [-0.1, -0.05) is 30.3 Å². The van der Waals surface area contributed by atoms with Gasteiger partial charge in [0.25, 0.3) is 0 Å². The first-order valence-electron chi connectivity index (χ1n) is 6.35. The SMILES string of the molecule is O=C(Nc1ccnc(=O)[nH]1)OCCOCc1ccccc1. The summed E-state index contributed by atoms with van der Waals surface area (Å²) in [7, 11) is 0. The largest absolute Gasteiger partial charge is 0.447 e. The van der Waals surface area contributed by atoms with Crippen LogP contribution in [0.3, 0.4) is 0 Å². The number of carbonyl (C=O) groups is 1. The Balaban J connectivity index is 1.62. The predicted molar refractivity (Wildman–Crippen MR) is 75.9 cm³/mol. The molecule has 110 valence electrons. The first kappa shape index (κ1) is 14.7. The minimum Gasteiger partial charge on any atom is -0.447 e. The molecule has 2 rings (SSSR count). The van der Waals surface area contributed by atoms with Crippen LogP contribution in [0.5, 0.6) is 0 Å². The predicted octanol–water partition coefficient (Wildman–Crippen LogP) is 1.54. The molecule has 0 aliphatic heterocycles. The number of hydrogen-bond donors (Lipinski definition) is 2. The maximum Gasteiger partial charge on any atom is 0.412 e. The first-order valence-corrected chi connectivity index (χ1v) is 6.35. The van der Waals surface area contributed by atoms with Gasteiger partial charge in [0.05, 0.1) is 13.2 Å². The van der Waals surface area contributed by atoms with E-state index in [4.69, 9.17) is 9.47 Å². The molecule has 7 heteroatoms. The molecule has 0 saturated heterocycles. The number of nitrogens with one attached hydrogen (secondary N) is 2. The molecule has 1 heterocycles. The fourth-order valence-corrected chi connectivity index (χ4v) is 1.55. The van der Waals surface area contributed by atoms with Crippen molar-refractivity contribution in [3.63, 3.8) is 0 Å². The fraction of sp³-hybridized carbons (Fsp3) is 0.214. The summed E-state index contributed by atoms with van der Waals surface area (Å²) in [6, 6.07) is 11.1. The summed E-state index contributed by atoms with van der Waals surface area (Å²) in [6.07, 6.45) is 0.623. The van der Waals surface area contributed by atoms with Crippen LogP contribution in [0.15, 0.2) is 47.4 Å². The van der Waals surface area contributed by atoms with Crippen molar-refractivity contribution in [1.82, 2.24) is 9.97 Å². The normalized spacial score (nSPS) is 10.1. The topological polar surface area (TPSA) is 93.3 Å². The van der Waals surface area contributed by atoms with Crippen molar-refractivity contribution in [2.24, 2.45) is 0 Å². The highest BCUT2D eigenvalue weighted by molar-refractivity contribution is 5.83. The number of rotatable bonds is 6. The maximum absolute atomic E-state index is 11.4. The number of anilines is 1. The molecular weight excluding hydrogens is 274 g/mol. The van der Waals surface area contributed by atoms with E-state index in [-0.39, 0.29) is 19.0 Å². The van der Waals surface area contributed by atoms with Gasteiger partial charge in [-0.05, 0) is 11.6 Å². The van der Waals surface area contributed by atoms with Crippen LogP contribution in [0.1, 0.15) is 5.56 Å². The average Bonchev–Trinajstić information content (AvgIpc) is 2.48. The summed E-state index contributed by atoms with van der Waals surface area (Å²) in [6.45, 7) is 0.868. The zero-order valence-corrected chi connectivity index (χ0v) is 11.2. The van der Waals surface area contributed by atoms with Crippen LogP contribution in [0, 0.1) is 0 Å². The van der Waals surface area contributed by atoms with Crippen LogP contribution in [0.25, 0.3) is 0 Å². The summed E-state index contributed by atoms with van der Waals surface area (Å²) in [4.78, 5) is 28.1. The molecule has 0 bridgehead atoms. The molecule has 2 N–H and O–H groups in total. The van der Waals surface area contributed by atoms with Crippen molar-refractivity contribution in [3.8, 4) is 0 Å². The van der Waals surface area contributed by atoms with Crippen molar-refractivity contribution >= 4 is 11.9 Å². The highest BCUT2D eigenvalue weighted by Gasteiger charge is 2.03. The number of ether oxygens (including phenoxy) is 2. The number of nitrogens with zero attached hydrogens (tertiary/aromatic N) is 1. The molecule has 1 aromatic heterocycles. The minimum absolute atomic E-state index is 0.119. The second-order valence-corrected chi connectivity index (χ2v) is 4.09. The van der Waals surface area contributed by atoms with Gasteiger partial charge in [0.2, 0.25) is 0 Å². The molecular formula is C14H15N3O4. The standard InChI is InChI=1S/C14H15N3O4/c18-13-15-7-6-12(16-13)17-14(19)21-9-8-20-10-11-4-2-1-3-5-11/h1-7H,8-10H2,(H2,15,16,17,18,19). The molecule has 0 aliphatic carbocycles. The van der Waals surface area contributed by atoms with Gasteiger partial charge in [0.1, 0.15) is 12.4 Å². The molecule has 0 saturated carbocycles. The molecule has 0 unspecified atom stereocenters. The van der Waals surface area contributed by atoms with Crippen molar-refractivity contribution in [3.05, 3.63) is 58.6 Å². The molecule has 0 atom stereocenters. The number of H-pyrrole nitrogens is 1. The van der Waals surface area contributed by atoms with Crippen LogP contribution in [0.4, 0.5) is 10.6 Å². The van der Waals surface area contributed by atoms with E-state index in [2.05, 4.69) is 15.3 Å². The second kappa shape index (κ2) is 7.81. The van der Waals surface area contributed by atoms with E-state index < -0.39 is 11.8 Å². The van der Waals surface area contributed by atoms with Crippen LogP contribution in [0.2, 0.25) is 0 Å². The average molecular weight is 289 g/mol. The monoisotopic (exact) mass is 289 g/mol. The Kier molecular flexibility index (Phi) is 5.48. The third-order valence-electron chi connectivity index (χ3n) is 2.48. The summed E-state index contributed by atoms with van der Waals surface area (Å²) >= 11 is 0. The van der Waals surface area contributed by atoms with E-state index in [1.54, 1.807) is 0 Å². The fourth-order valence-electron chi connectivity index (χ4n) is 1.55. The van der Waals surface area contributed by atoms with Crippen LogP contribution >= 0.6 is 0 Å². The number of hydrogen-bond acceptors (Lipinski definition) is 5. The molecule has 21 heavy (non-hydrogen) atoms. The highest BCUT2D eigenvalue weighted by Crippen LogP contribution is 2.00. The summed E-state index contributed by atoms with van der Waals surface area (Å²) in [5, 5.41) is 2.38. The zero-order chi connectivity index (χ0) is 14.9. The third-order valence-corrected chi connectivity index (χ3v) is 2.48. The van der Waals surface area contributed by atoms with Crippen LogP contribution in [-0.4, -0.2) is 29.3 Å². The second-order valence-electron chi connectivity index (χ2n) is 4.09. The quantitative estimate of drug-likeness (QED) is 0.787. The van der Waals surface area contributed by atoms with Crippen molar-refractivity contribution in [2.75, 3.05) is 18.5 Å². The Bertz CT molecular complexity index is 627. The molecule has 1 aromatic carbocycles.